The summed E-state index contributed by atoms with van der Waals surface area (Å²) in [5.74, 6) is 1.70. The summed E-state index contributed by atoms with van der Waals surface area (Å²) in [5, 5.41) is 10.8. The molecular weight excluding hydrogens is 386 g/mol. The highest BCUT2D eigenvalue weighted by molar-refractivity contribution is 6.22. The van der Waals surface area contributed by atoms with Crippen molar-refractivity contribution in [2.75, 3.05) is 54.1 Å². The van der Waals surface area contributed by atoms with Gasteiger partial charge >= 0.3 is 0 Å². The fraction of sp³-hybridized carbons (Fsp3) is 0.300. The van der Waals surface area contributed by atoms with E-state index in [0.29, 0.717) is 66.6 Å². The van der Waals surface area contributed by atoms with Crippen LogP contribution in [0.15, 0.2) is 22.8 Å². The fourth-order valence-electron chi connectivity index (χ4n) is 4.09. The normalized spacial score (nSPS) is 16.2. The van der Waals surface area contributed by atoms with Crippen LogP contribution in [0.25, 0.3) is 10.8 Å². The molecule has 2 aliphatic heterocycles. The number of ether oxygens (including phenoxy) is 1. The van der Waals surface area contributed by atoms with Crippen LogP contribution in [0, 0.1) is 11.3 Å². The van der Waals surface area contributed by atoms with Crippen molar-refractivity contribution < 1.29 is 13.9 Å². The third-order valence-corrected chi connectivity index (χ3v) is 5.42. The van der Waals surface area contributed by atoms with Crippen molar-refractivity contribution in [3.63, 3.8) is 0 Å². The number of nitriles is 1. The van der Waals surface area contributed by atoms with Crippen LogP contribution >= 0.6 is 0 Å². The van der Waals surface area contributed by atoms with E-state index in [2.05, 4.69) is 16.0 Å². The first-order valence-electron chi connectivity index (χ1n) is 9.54. The number of Topliss-reactive ketones (excluding diaryl/α,β-unsaturated/α-hetero) is 1. The molecule has 10 nitrogen and oxygen atoms in total. The van der Waals surface area contributed by atoms with Crippen LogP contribution in [0.3, 0.4) is 0 Å². The number of carbonyl (C=O) groups is 1. The Balaban J connectivity index is 1.75. The molecule has 10 heteroatoms. The van der Waals surface area contributed by atoms with Crippen molar-refractivity contribution in [2.45, 2.75) is 6.54 Å². The summed E-state index contributed by atoms with van der Waals surface area (Å²) in [7, 11) is 0. The summed E-state index contributed by atoms with van der Waals surface area (Å²) >= 11 is 0. The molecule has 3 aromatic heterocycles. The molecule has 152 valence electrons. The van der Waals surface area contributed by atoms with E-state index in [1.807, 2.05) is 11.0 Å². The first-order valence-corrected chi connectivity index (χ1v) is 9.54. The predicted octanol–water partition coefficient (Wildman–Crippen LogP) is 1.30. The standard InChI is InChI=1S/C20H19N7O3/c21-8-12-14-15-13(28)10-27(9-11-2-1-5-30-11)20(15)25-18(23)16(14)17(22)24-19(12)26-3-6-29-7-4-26/h1-2,5H,3-4,6-7,9-10H2,(H2,22,24)(H2,23,25). The van der Waals surface area contributed by atoms with Crippen molar-refractivity contribution in [3.05, 3.63) is 35.3 Å². The Bertz CT molecular complexity index is 1190. The molecule has 4 N–H and O–H groups in total. The molecule has 0 bridgehead atoms. The average molecular weight is 405 g/mol. The minimum atomic E-state index is -0.149. The van der Waals surface area contributed by atoms with Crippen molar-refractivity contribution in [1.29, 1.82) is 5.26 Å². The number of fused-ring (bicyclic) bond motifs is 3. The lowest BCUT2D eigenvalue weighted by molar-refractivity contribution is 0.101. The zero-order valence-electron chi connectivity index (χ0n) is 16.1. The molecule has 30 heavy (non-hydrogen) atoms. The smallest absolute Gasteiger partial charge is 0.186 e. The second kappa shape index (κ2) is 6.89. The summed E-state index contributed by atoms with van der Waals surface area (Å²) < 4.78 is 10.8. The Morgan fingerprint density at radius 1 is 1.13 bits per heavy atom. The number of nitrogens with zero attached hydrogens (tertiary/aromatic N) is 5. The number of hydrogen-bond donors (Lipinski definition) is 2. The van der Waals surface area contributed by atoms with Gasteiger partial charge in [-0.15, -0.1) is 0 Å². The highest BCUT2D eigenvalue weighted by atomic mass is 16.5. The Morgan fingerprint density at radius 2 is 1.87 bits per heavy atom. The highest BCUT2D eigenvalue weighted by Gasteiger charge is 2.35. The molecule has 0 atom stereocenters. The van der Waals surface area contributed by atoms with Crippen molar-refractivity contribution in [3.8, 4) is 6.07 Å². The first kappa shape index (κ1) is 18.2. The maximum atomic E-state index is 13.0. The highest BCUT2D eigenvalue weighted by Crippen LogP contribution is 2.41. The summed E-state index contributed by atoms with van der Waals surface area (Å²) in [6.45, 7) is 2.68. The van der Waals surface area contributed by atoms with Crippen LogP contribution < -0.4 is 21.3 Å². The second-order valence-electron chi connectivity index (χ2n) is 7.21. The number of nitrogens with two attached hydrogens (primary N) is 2. The van der Waals surface area contributed by atoms with Gasteiger partial charge in [-0.1, -0.05) is 0 Å². The lowest BCUT2D eigenvalue weighted by atomic mass is 10.00. The molecule has 0 amide bonds. The Morgan fingerprint density at radius 3 is 2.53 bits per heavy atom. The first-order chi connectivity index (χ1) is 14.6. The number of anilines is 4. The maximum Gasteiger partial charge on any atom is 0.186 e. The number of furan rings is 1. The van der Waals surface area contributed by atoms with Gasteiger partial charge in [0, 0.05) is 18.5 Å². The van der Waals surface area contributed by atoms with Gasteiger partial charge in [0.05, 0.1) is 43.5 Å². The van der Waals surface area contributed by atoms with Crippen molar-refractivity contribution in [1.82, 2.24) is 9.97 Å². The number of morpholine rings is 1. The third-order valence-electron chi connectivity index (χ3n) is 5.42. The Labute approximate surface area is 171 Å². The summed E-state index contributed by atoms with van der Waals surface area (Å²) in [4.78, 5) is 25.7. The molecular formula is C20H19N7O3. The van der Waals surface area contributed by atoms with Gasteiger partial charge in [0.15, 0.2) is 5.78 Å². The summed E-state index contributed by atoms with van der Waals surface area (Å²) in [5.41, 5.74) is 13.1. The second-order valence-corrected chi connectivity index (χ2v) is 7.21. The number of aromatic nitrogens is 2. The molecule has 3 aromatic rings. The molecule has 0 spiro atoms. The van der Waals surface area contributed by atoms with E-state index >= 15 is 0 Å². The summed E-state index contributed by atoms with van der Waals surface area (Å²) in [6.07, 6.45) is 1.57. The van der Waals surface area contributed by atoms with E-state index in [4.69, 9.17) is 20.6 Å². The van der Waals surface area contributed by atoms with Gasteiger partial charge < -0.3 is 30.4 Å². The Kier molecular flexibility index (Phi) is 4.18. The average Bonchev–Trinajstić information content (AvgIpc) is 3.36. The van der Waals surface area contributed by atoms with Gasteiger partial charge in [0.1, 0.15) is 40.7 Å². The minimum Gasteiger partial charge on any atom is -0.467 e. The minimum absolute atomic E-state index is 0.113. The monoisotopic (exact) mass is 405 g/mol. The van der Waals surface area contributed by atoms with Crippen LogP contribution in [-0.4, -0.2) is 48.6 Å². The van der Waals surface area contributed by atoms with E-state index in [1.54, 1.807) is 17.2 Å². The van der Waals surface area contributed by atoms with Crippen molar-refractivity contribution in [2.24, 2.45) is 0 Å². The van der Waals surface area contributed by atoms with Gasteiger partial charge in [-0.3, -0.25) is 4.79 Å². The third kappa shape index (κ3) is 2.71. The number of rotatable bonds is 3. The SMILES string of the molecule is N#Cc1c(N2CCOCC2)nc(N)c2c(N)nc3c(c12)C(=O)CN3Cc1ccco1. The molecule has 0 unspecified atom stereocenters. The van der Waals surface area contributed by atoms with Crippen LogP contribution in [0.2, 0.25) is 0 Å². The predicted molar refractivity (Wildman–Crippen MR) is 110 cm³/mol. The van der Waals surface area contributed by atoms with E-state index in [9.17, 15) is 10.1 Å². The van der Waals surface area contributed by atoms with Crippen LogP contribution in [0.4, 0.5) is 23.3 Å². The zero-order valence-corrected chi connectivity index (χ0v) is 16.1. The van der Waals surface area contributed by atoms with Crippen LogP contribution in [0.5, 0.6) is 0 Å². The molecule has 0 radical (unpaired) electrons. The van der Waals surface area contributed by atoms with E-state index in [1.165, 1.54) is 0 Å². The van der Waals surface area contributed by atoms with E-state index in [0.717, 1.165) is 0 Å². The molecule has 0 saturated carbocycles. The Hall–Kier alpha value is -3.84. The topological polar surface area (TPSA) is 148 Å². The van der Waals surface area contributed by atoms with Gasteiger partial charge in [-0.05, 0) is 12.1 Å². The maximum absolute atomic E-state index is 13.0. The molecule has 1 fully saturated rings. The van der Waals surface area contributed by atoms with Gasteiger partial charge in [0.2, 0.25) is 0 Å². The molecule has 5 heterocycles. The van der Waals surface area contributed by atoms with E-state index < -0.39 is 0 Å². The number of pyridine rings is 2. The number of ketones is 1. The van der Waals surface area contributed by atoms with Crippen molar-refractivity contribution >= 4 is 39.8 Å². The fourth-order valence-corrected chi connectivity index (χ4v) is 4.09. The van der Waals surface area contributed by atoms with Crippen LogP contribution in [0.1, 0.15) is 21.7 Å². The number of hydrogen-bond acceptors (Lipinski definition) is 10. The lowest BCUT2D eigenvalue weighted by Gasteiger charge is -2.29. The molecule has 2 aliphatic rings. The molecule has 0 aliphatic carbocycles. The van der Waals surface area contributed by atoms with Gasteiger partial charge in [-0.2, -0.15) is 5.26 Å². The van der Waals surface area contributed by atoms with Crippen LogP contribution in [-0.2, 0) is 11.3 Å². The van der Waals surface area contributed by atoms with Gasteiger partial charge in [-0.25, -0.2) is 9.97 Å². The van der Waals surface area contributed by atoms with E-state index in [-0.39, 0.29) is 29.5 Å². The number of nitrogen functional groups attached to an aromatic ring is 2. The molecule has 1 saturated heterocycles. The largest absolute Gasteiger partial charge is 0.467 e. The number of carbonyl (C=O) groups excluding carboxylic acids is 1. The lowest BCUT2D eigenvalue weighted by Crippen LogP contribution is -2.37. The molecule has 0 aromatic carbocycles. The zero-order chi connectivity index (χ0) is 20.8. The van der Waals surface area contributed by atoms with Gasteiger partial charge in [0.25, 0.3) is 0 Å². The summed E-state index contributed by atoms with van der Waals surface area (Å²) in [6, 6.07) is 5.84. The quantitative estimate of drug-likeness (QED) is 0.653. The molecule has 5 rings (SSSR count).